The van der Waals surface area contributed by atoms with Crippen LogP contribution in [0.2, 0.25) is 5.02 Å². The number of halogens is 1. The Labute approximate surface area is 230 Å². The highest BCUT2D eigenvalue weighted by Gasteiger charge is 2.51. The molecule has 2 N–H and O–H groups in total. The van der Waals surface area contributed by atoms with Gasteiger partial charge in [0.2, 0.25) is 11.8 Å². The van der Waals surface area contributed by atoms with E-state index in [1.54, 1.807) is 6.07 Å². The molecule has 4 aliphatic carbocycles. The average Bonchev–Trinajstić information content (AvgIpc) is 2.85. The van der Waals surface area contributed by atoms with Gasteiger partial charge in [-0.3, -0.25) is 19.3 Å². The van der Waals surface area contributed by atoms with Gasteiger partial charge in [-0.15, -0.1) is 0 Å². The first-order valence-electron chi connectivity index (χ1n) is 14.2. The van der Waals surface area contributed by atoms with E-state index in [0.29, 0.717) is 49.9 Å². The van der Waals surface area contributed by atoms with E-state index < -0.39 is 5.97 Å². The molecule has 5 aliphatic rings. The number of nitrogens with one attached hydrogen (secondary N) is 1. The topological polar surface area (TPSA) is 99.2 Å². The van der Waals surface area contributed by atoms with E-state index in [-0.39, 0.29) is 30.2 Å². The summed E-state index contributed by atoms with van der Waals surface area (Å²) >= 11 is 6.22. The minimum Gasteiger partial charge on any atom is -0.493 e. The highest BCUT2D eigenvalue weighted by Crippen LogP contribution is 2.61. The normalized spacial score (nSPS) is 28.3. The maximum atomic E-state index is 12.8. The van der Waals surface area contributed by atoms with Crippen molar-refractivity contribution in [2.24, 2.45) is 23.2 Å². The van der Waals surface area contributed by atoms with Crippen molar-refractivity contribution in [3.05, 3.63) is 28.8 Å². The molecule has 0 unspecified atom stereocenters. The summed E-state index contributed by atoms with van der Waals surface area (Å²) < 4.78 is 5.83. The molecule has 0 aromatic heterocycles. The van der Waals surface area contributed by atoms with Crippen molar-refractivity contribution in [1.82, 2.24) is 15.1 Å². The number of carboxylic acid groups (broad SMARTS) is 1. The van der Waals surface area contributed by atoms with Crippen LogP contribution in [0.3, 0.4) is 0 Å². The number of ether oxygens (including phenoxy) is 1. The Bertz CT molecular complexity index is 1000. The third kappa shape index (κ3) is 6.81. The second kappa shape index (κ2) is 11.8. The fourth-order valence-electron chi connectivity index (χ4n) is 7.81. The summed E-state index contributed by atoms with van der Waals surface area (Å²) in [7, 11) is 0. The number of amides is 2. The second-order valence-electron chi connectivity index (χ2n) is 12.1. The standard InChI is InChI=1S/C29H40ClN3O5/c30-24-3-4-25(38-9-1-2-28(36)37)23(13-24)19-32-5-7-33(8-6-32)27(35)18-31-26(34)17-29-14-20-10-21(15-29)12-22(11-20)16-29/h3-4,13,20-22H,1-2,5-12,14-19H2,(H,31,34)(H,36,37). The molecular formula is C29H40ClN3O5. The van der Waals surface area contributed by atoms with Crippen molar-refractivity contribution in [2.75, 3.05) is 39.3 Å². The van der Waals surface area contributed by atoms with Crippen LogP contribution in [0.1, 0.15) is 63.4 Å². The molecule has 1 aromatic rings. The molecule has 1 heterocycles. The van der Waals surface area contributed by atoms with Gasteiger partial charge in [0, 0.05) is 56.2 Å². The molecule has 208 valence electrons. The third-order valence-corrected chi connectivity index (χ3v) is 9.31. The number of carbonyl (C=O) groups excluding carboxylic acids is 2. The van der Waals surface area contributed by atoms with Crippen LogP contribution >= 0.6 is 11.6 Å². The van der Waals surface area contributed by atoms with Gasteiger partial charge in [-0.05, 0) is 86.3 Å². The second-order valence-corrected chi connectivity index (χ2v) is 12.6. The van der Waals surface area contributed by atoms with Crippen molar-refractivity contribution < 1.29 is 24.2 Å². The number of carboxylic acids is 1. The Morgan fingerprint density at radius 3 is 2.32 bits per heavy atom. The van der Waals surface area contributed by atoms with E-state index in [0.717, 1.165) is 36.4 Å². The predicted molar refractivity (Wildman–Crippen MR) is 144 cm³/mol. The molecule has 9 heteroatoms. The van der Waals surface area contributed by atoms with Crippen molar-refractivity contribution in [3.63, 3.8) is 0 Å². The number of carbonyl (C=O) groups is 3. The Hall–Kier alpha value is -2.32. The lowest BCUT2D eigenvalue weighted by Crippen LogP contribution is -2.51. The number of hydrogen-bond acceptors (Lipinski definition) is 5. The molecule has 5 fully saturated rings. The van der Waals surface area contributed by atoms with E-state index in [4.69, 9.17) is 21.4 Å². The minimum atomic E-state index is -0.834. The molecule has 4 saturated carbocycles. The van der Waals surface area contributed by atoms with Gasteiger partial charge in [-0.1, -0.05) is 11.6 Å². The zero-order valence-electron chi connectivity index (χ0n) is 22.1. The van der Waals surface area contributed by atoms with Crippen molar-refractivity contribution in [2.45, 2.75) is 64.3 Å². The van der Waals surface area contributed by atoms with Crippen molar-refractivity contribution in [3.8, 4) is 5.75 Å². The lowest BCUT2D eigenvalue weighted by Gasteiger charge is -2.56. The zero-order chi connectivity index (χ0) is 26.7. The number of benzene rings is 1. The van der Waals surface area contributed by atoms with Crippen molar-refractivity contribution in [1.29, 1.82) is 0 Å². The van der Waals surface area contributed by atoms with Gasteiger partial charge in [0.05, 0.1) is 13.2 Å². The van der Waals surface area contributed by atoms with Crippen LogP contribution in [-0.2, 0) is 20.9 Å². The van der Waals surface area contributed by atoms with Crippen molar-refractivity contribution >= 4 is 29.4 Å². The summed E-state index contributed by atoms with van der Waals surface area (Å²) in [6, 6.07) is 5.47. The van der Waals surface area contributed by atoms with E-state index >= 15 is 0 Å². The van der Waals surface area contributed by atoms with Crippen LogP contribution in [0.5, 0.6) is 5.75 Å². The number of nitrogens with zero attached hydrogens (tertiary/aromatic N) is 2. The summed E-state index contributed by atoms with van der Waals surface area (Å²) in [4.78, 5) is 40.5. The van der Waals surface area contributed by atoms with Gasteiger partial charge in [-0.2, -0.15) is 0 Å². The molecule has 38 heavy (non-hydrogen) atoms. The Morgan fingerprint density at radius 2 is 1.68 bits per heavy atom. The Kier molecular flexibility index (Phi) is 8.48. The zero-order valence-corrected chi connectivity index (χ0v) is 22.9. The van der Waals surface area contributed by atoms with E-state index in [1.165, 1.54) is 38.5 Å². The fraction of sp³-hybridized carbons (Fsp3) is 0.690. The van der Waals surface area contributed by atoms with Crippen LogP contribution < -0.4 is 10.1 Å². The predicted octanol–water partition coefficient (Wildman–Crippen LogP) is 3.95. The smallest absolute Gasteiger partial charge is 0.303 e. The molecule has 0 atom stereocenters. The van der Waals surface area contributed by atoms with E-state index in [1.807, 2.05) is 17.0 Å². The molecule has 1 aliphatic heterocycles. The molecule has 4 bridgehead atoms. The lowest BCUT2D eigenvalue weighted by atomic mass is 9.49. The highest BCUT2D eigenvalue weighted by molar-refractivity contribution is 6.30. The summed E-state index contributed by atoms with van der Waals surface area (Å²) in [5, 5.41) is 12.4. The Balaban J connectivity index is 1.04. The lowest BCUT2D eigenvalue weighted by molar-refractivity contribution is -0.137. The number of piperazine rings is 1. The number of hydrogen-bond donors (Lipinski definition) is 2. The molecule has 6 rings (SSSR count). The minimum absolute atomic E-state index is 0.0197. The molecule has 2 amide bonds. The Morgan fingerprint density at radius 1 is 1.03 bits per heavy atom. The summed E-state index contributed by atoms with van der Waals surface area (Å²) in [6.45, 7) is 3.71. The summed E-state index contributed by atoms with van der Waals surface area (Å²) in [5.74, 6) is 2.35. The molecule has 8 nitrogen and oxygen atoms in total. The van der Waals surface area contributed by atoms with Gasteiger partial charge in [0.15, 0.2) is 0 Å². The van der Waals surface area contributed by atoms with E-state index in [2.05, 4.69) is 10.2 Å². The molecule has 1 saturated heterocycles. The maximum absolute atomic E-state index is 12.8. The molecule has 0 spiro atoms. The third-order valence-electron chi connectivity index (χ3n) is 9.07. The number of aliphatic carboxylic acids is 1. The molecular weight excluding hydrogens is 506 g/mol. The summed E-state index contributed by atoms with van der Waals surface area (Å²) in [6.07, 6.45) is 8.78. The molecule has 1 aromatic carbocycles. The van der Waals surface area contributed by atoms with Crippen LogP contribution in [0.15, 0.2) is 18.2 Å². The van der Waals surface area contributed by atoms with Crippen LogP contribution in [0.25, 0.3) is 0 Å². The SMILES string of the molecule is O=C(O)CCCOc1ccc(Cl)cc1CN1CCN(C(=O)CNC(=O)CC23CC4CC(CC(C4)C2)C3)CC1. The van der Waals surface area contributed by atoms with Crippen LogP contribution in [0.4, 0.5) is 0 Å². The molecule has 0 radical (unpaired) electrons. The quantitative estimate of drug-likeness (QED) is 0.408. The number of rotatable bonds is 11. The van der Waals surface area contributed by atoms with Gasteiger partial charge in [0.1, 0.15) is 5.75 Å². The monoisotopic (exact) mass is 545 g/mol. The largest absolute Gasteiger partial charge is 0.493 e. The van der Waals surface area contributed by atoms with Crippen LogP contribution in [-0.4, -0.2) is 72.0 Å². The first kappa shape index (κ1) is 27.3. The summed E-state index contributed by atoms with van der Waals surface area (Å²) in [5.41, 5.74) is 1.14. The van der Waals surface area contributed by atoms with Gasteiger partial charge < -0.3 is 20.1 Å². The first-order chi connectivity index (χ1) is 18.3. The first-order valence-corrected chi connectivity index (χ1v) is 14.5. The maximum Gasteiger partial charge on any atom is 0.303 e. The average molecular weight is 546 g/mol. The van der Waals surface area contributed by atoms with Gasteiger partial charge in [0.25, 0.3) is 0 Å². The fourth-order valence-corrected chi connectivity index (χ4v) is 8.00. The highest BCUT2D eigenvalue weighted by atomic mass is 35.5. The van der Waals surface area contributed by atoms with E-state index in [9.17, 15) is 14.4 Å². The van der Waals surface area contributed by atoms with Crippen LogP contribution in [0, 0.1) is 23.2 Å². The van der Waals surface area contributed by atoms with Gasteiger partial charge >= 0.3 is 5.97 Å². The van der Waals surface area contributed by atoms with Gasteiger partial charge in [-0.25, -0.2) is 0 Å².